The highest BCUT2D eigenvalue weighted by Crippen LogP contribution is 2.22. The van der Waals surface area contributed by atoms with Crippen molar-refractivity contribution in [3.05, 3.63) is 0 Å². The molecule has 64 valence electrons. The Morgan fingerprint density at radius 1 is 1.45 bits per heavy atom. The first kappa shape index (κ1) is 10.1. The summed E-state index contributed by atoms with van der Waals surface area (Å²) in [6, 6.07) is 0. The molecule has 0 spiro atoms. The maximum Gasteiger partial charge on any atom is 0.392 e. The largest absolute Gasteiger partial charge is 0.392 e. The minimum atomic E-state index is -4.75. The van der Waals surface area contributed by atoms with Gasteiger partial charge in [-0.3, -0.25) is 9.59 Å². The van der Waals surface area contributed by atoms with Gasteiger partial charge in [0.15, 0.2) is 12.5 Å². The first-order chi connectivity index (χ1) is 4.87. The number of alkyl halides is 4. The minimum absolute atomic E-state index is 0.462. The molecule has 0 heterocycles. The van der Waals surface area contributed by atoms with Gasteiger partial charge in [-0.1, -0.05) is 0 Å². The smallest absolute Gasteiger partial charge is 0.294 e. The third kappa shape index (κ3) is 4.46. The van der Waals surface area contributed by atoms with Gasteiger partial charge in [-0.2, -0.15) is 13.2 Å². The Balaban J connectivity index is 3.97. The van der Waals surface area contributed by atoms with Crippen LogP contribution in [0, 0.1) is 0 Å². The number of ketones is 1. The van der Waals surface area contributed by atoms with E-state index in [0.29, 0.717) is 0 Å². The van der Waals surface area contributed by atoms with Crippen molar-refractivity contribution >= 4 is 12.1 Å². The lowest BCUT2D eigenvalue weighted by Crippen LogP contribution is -2.24. The minimum Gasteiger partial charge on any atom is -0.294 e. The molecule has 0 aromatic rings. The van der Waals surface area contributed by atoms with Gasteiger partial charge in [0.1, 0.15) is 0 Å². The first-order valence-corrected chi connectivity index (χ1v) is 2.56. The Kier molecular flexibility index (Phi) is 3.16. The van der Waals surface area contributed by atoms with Crippen LogP contribution in [0.4, 0.5) is 17.6 Å². The highest BCUT2D eigenvalue weighted by atomic mass is 19.4. The van der Waals surface area contributed by atoms with Gasteiger partial charge in [0.25, 0.3) is 0 Å². The van der Waals surface area contributed by atoms with Crippen molar-refractivity contribution in [1.29, 1.82) is 0 Å². The average molecular weight is 172 g/mol. The predicted octanol–water partition coefficient (Wildman–Crippen LogP) is 1.04. The summed E-state index contributed by atoms with van der Waals surface area (Å²) < 4.78 is 45.9. The third-order valence-corrected chi connectivity index (χ3v) is 0.836. The van der Waals surface area contributed by atoms with Gasteiger partial charge in [0.05, 0.1) is 6.42 Å². The summed E-state index contributed by atoms with van der Waals surface area (Å²) in [5.41, 5.74) is 0. The molecule has 6 heteroatoms. The van der Waals surface area contributed by atoms with Gasteiger partial charge in [0.2, 0.25) is 5.78 Å². The molecule has 0 N–H and O–H groups in total. The molecule has 1 unspecified atom stereocenters. The van der Waals surface area contributed by atoms with E-state index in [-0.39, 0.29) is 0 Å². The lowest BCUT2D eigenvalue weighted by Gasteiger charge is -2.06. The molecule has 2 nitrogen and oxygen atoms in total. The molecule has 11 heavy (non-hydrogen) atoms. The van der Waals surface area contributed by atoms with E-state index in [9.17, 15) is 27.2 Å². The molecular weight excluding hydrogens is 168 g/mol. The number of carbonyl (C=O) groups is 2. The van der Waals surface area contributed by atoms with Crippen LogP contribution in [0.5, 0.6) is 0 Å². The Bertz CT molecular complexity index is 162. The second-order valence-corrected chi connectivity index (χ2v) is 1.81. The number of aldehydes is 1. The summed E-state index contributed by atoms with van der Waals surface area (Å²) in [5.74, 6) is -1.68. The van der Waals surface area contributed by atoms with E-state index in [0.717, 1.165) is 0 Å². The van der Waals surface area contributed by atoms with Gasteiger partial charge in [-0.15, -0.1) is 0 Å². The number of Topliss-reactive ketones (excluding diaryl/α,β-unsaturated/α-hetero) is 1. The van der Waals surface area contributed by atoms with Crippen LogP contribution < -0.4 is 0 Å². The highest BCUT2D eigenvalue weighted by molar-refractivity contribution is 6.27. The molecule has 0 rings (SSSR count). The van der Waals surface area contributed by atoms with Gasteiger partial charge in [-0.05, 0) is 0 Å². The molecule has 0 bridgehead atoms. The number of hydrogen-bond acceptors (Lipinski definition) is 2. The fourth-order valence-corrected chi connectivity index (χ4v) is 0.378. The van der Waals surface area contributed by atoms with Crippen LogP contribution in [0.15, 0.2) is 0 Å². The van der Waals surface area contributed by atoms with Crippen molar-refractivity contribution in [1.82, 2.24) is 0 Å². The molecule has 0 aliphatic heterocycles. The molecule has 0 aliphatic carbocycles. The average Bonchev–Trinajstić information content (AvgIpc) is 1.82. The summed E-state index contributed by atoms with van der Waals surface area (Å²) in [4.78, 5) is 19.4. The van der Waals surface area contributed by atoms with Crippen LogP contribution >= 0.6 is 0 Å². The lowest BCUT2D eigenvalue weighted by atomic mass is 10.2. The molecule has 0 aromatic heterocycles. The molecule has 1 atom stereocenters. The molecule has 0 saturated heterocycles. The molecule has 0 amide bonds. The van der Waals surface area contributed by atoms with Crippen molar-refractivity contribution in [2.75, 3.05) is 0 Å². The standard InChI is InChI=1S/C5H4F4O2/c6-3(4(11)2-10)1-5(7,8)9/h2-3H,1H2. The number of carbonyl (C=O) groups excluding carboxylic acids is 2. The van der Waals surface area contributed by atoms with Gasteiger partial charge < -0.3 is 0 Å². The predicted molar refractivity (Wildman–Crippen MR) is 26.6 cm³/mol. The Morgan fingerprint density at radius 3 is 2.18 bits per heavy atom. The van der Waals surface area contributed by atoms with Crippen molar-refractivity contribution in [3.8, 4) is 0 Å². The first-order valence-electron chi connectivity index (χ1n) is 2.56. The quantitative estimate of drug-likeness (QED) is 0.362. The summed E-state index contributed by atoms with van der Waals surface area (Å²) in [5, 5.41) is 0. The zero-order valence-corrected chi connectivity index (χ0v) is 5.19. The number of hydrogen-bond donors (Lipinski definition) is 0. The second-order valence-electron chi connectivity index (χ2n) is 1.81. The van der Waals surface area contributed by atoms with Crippen LogP contribution in [-0.4, -0.2) is 24.4 Å². The van der Waals surface area contributed by atoms with Crippen molar-refractivity contribution in [2.45, 2.75) is 18.8 Å². The van der Waals surface area contributed by atoms with E-state index in [1.54, 1.807) is 0 Å². The van der Waals surface area contributed by atoms with Crippen molar-refractivity contribution < 1.29 is 27.2 Å². The number of halogens is 4. The number of rotatable bonds is 3. The van der Waals surface area contributed by atoms with Crippen LogP contribution in [0.1, 0.15) is 6.42 Å². The maximum atomic E-state index is 12.0. The van der Waals surface area contributed by atoms with E-state index in [4.69, 9.17) is 0 Å². The third-order valence-electron chi connectivity index (χ3n) is 0.836. The van der Waals surface area contributed by atoms with Crippen LogP contribution in [-0.2, 0) is 9.59 Å². The monoisotopic (exact) mass is 172 g/mol. The zero-order valence-electron chi connectivity index (χ0n) is 5.19. The van der Waals surface area contributed by atoms with Gasteiger partial charge in [0, 0.05) is 0 Å². The molecule has 0 aliphatic rings. The fraction of sp³-hybridized carbons (Fsp3) is 0.600. The Hall–Kier alpha value is -0.940. The highest BCUT2D eigenvalue weighted by Gasteiger charge is 2.35. The lowest BCUT2D eigenvalue weighted by molar-refractivity contribution is -0.155. The summed E-state index contributed by atoms with van der Waals surface area (Å²) in [6.45, 7) is 0. The molecule has 0 fully saturated rings. The van der Waals surface area contributed by atoms with Crippen molar-refractivity contribution in [2.24, 2.45) is 0 Å². The summed E-state index contributed by atoms with van der Waals surface area (Å²) in [7, 11) is 0. The van der Waals surface area contributed by atoms with Crippen LogP contribution in [0.2, 0.25) is 0 Å². The van der Waals surface area contributed by atoms with E-state index in [1.807, 2.05) is 0 Å². The van der Waals surface area contributed by atoms with E-state index in [2.05, 4.69) is 0 Å². The Morgan fingerprint density at radius 2 is 1.91 bits per heavy atom. The van der Waals surface area contributed by atoms with Gasteiger partial charge in [-0.25, -0.2) is 4.39 Å². The fourth-order valence-electron chi connectivity index (χ4n) is 0.378. The van der Waals surface area contributed by atoms with Crippen LogP contribution in [0.25, 0.3) is 0 Å². The maximum absolute atomic E-state index is 12.0. The topological polar surface area (TPSA) is 34.1 Å². The van der Waals surface area contributed by atoms with Gasteiger partial charge >= 0.3 is 6.18 Å². The SMILES string of the molecule is O=CC(=O)C(F)CC(F)(F)F. The van der Waals surface area contributed by atoms with E-state index < -0.39 is 30.8 Å². The van der Waals surface area contributed by atoms with Crippen LogP contribution in [0.3, 0.4) is 0 Å². The zero-order chi connectivity index (χ0) is 9.07. The normalized spacial score (nSPS) is 14.2. The molecule has 0 radical (unpaired) electrons. The Labute approximate surface area is 59.2 Å². The summed E-state index contributed by atoms with van der Waals surface area (Å²) in [6.07, 6.45) is -9.87. The molecule has 0 saturated carbocycles. The molecular formula is C5H4F4O2. The van der Waals surface area contributed by atoms with E-state index >= 15 is 0 Å². The summed E-state index contributed by atoms with van der Waals surface area (Å²) >= 11 is 0. The van der Waals surface area contributed by atoms with Crippen molar-refractivity contribution in [3.63, 3.8) is 0 Å². The second kappa shape index (κ2) is 3.45. The molecule has 0 aromatic carbocycles. The van der Waals surface area contributed by atoms with E-state index in [1.165, 1.54) is 0 Å².